The maximum absolute atomic E-state index is 12.2. The van der Waals surface area contributed by atoms with Gasteiger partial charge in [-0.2, -0.15) is 0 Å². The van der Waals surface area contributed by atoms with Gasteiger partial charge in [0.15, 0.2) is 5.78 Å². The van der Waals surface area contributed by atoms with Crippen molar-refractivity contribution in [3.63, 3.8) is 0 Å². The molecule has 0 saturated heterocycles. The van der Waals surface area contributed by atoms with Gasteiger partial charge in [0.2, 0.25) is 10.0 Å². The van der Waals surface area contributed by atoms with Crippen LogP contribution in [0.15, 0.2) is 29.2 Å². The van der Waals surface area contributed by atoms with E-state index in [1.165, 1.54) is 12.1 Å². The van der Waals surface area contributed by atoms with Crippen molar-refractivity contribution in [2.75, 3.05) is 13.1 Å². The zero-order chi connectivity index (χ0) is 15.2. The van der Waals surface area contributed by atoms with E-state index in [9.17, 15) is 13.2 Å². The molecule has 0 saturated carbocycles. The molecule has 0 aromatic heterocycles. The lowest BCUT2D eigenvalue weighted by atomic mass is 10.1. The van der Waals surface area contributed by atoms with Crippen molar-refractivity contribution in [3.8, 4) is 0 Å². The molecule has 21 heavy (non-hydrogen) atoms. The zero-order valence-corrected chi connectivity index (χ0v) is 14.2. The highest BCUT2D eigenvalue weighted by Gasteiger charge is 2.16. The van der Waals surface area contributed by atoms with Gasteiger partial charge in [0.25, 0.3) is 0 Å². The van der Waals surface area contributed by atoms with Crippen LogP contribution in [-0.4, -0.2) is 33.3 Å². The van der Waals surface area contributed by atoms with Gasteiger partial charge in [0.05, 0.1) is 4.90 Å². The van der Waals surface area contributed by atoms with Gasteiger partial charge in [0, 0.05) is 24.6 Å². The minimum Gasteiger partial charge on any atom is -0.313 e. The van der Waals surface area contributed by atoms with Gasteiger partial charge in [-0.1, -0.05) is 26.0 Å². The fourth-order valence-electron chi connectivity index (χ4n) is 1.78. The molecule has 1 atom stereocenters. The number of likely N-dealkylation sites (N-methyl/N-ethyl adjacent to an activating group) is 1. The Morgan fingerprint density at radius 1 is 1.29 bits per heavy atom. The van der Waals surface area contributed by atoms with Gasteiger partial charge in [-0.05, 0) is 25.6 Å². The Labute approximate surface area is 133 Å². The predicted molar refractivity (Wildman–Crippen MR) is 86.6 cm³/mol. The number of ketones is 1. The van der Waals surface area contributed by atoms with Gasteiger partial charge in [-0.25, -0.2) is 13.1 Å². The molecule has 0 spiro atoms. The Hall–Kier alpha value is -0.950. The van der Waals surface area contributed by atoms with Crippen molar-refractivity contribution < 1.29 is 13.2 Å². The molecule has 0 fully saturated rings. The van der Waals surface area contributed by atoms with Crippen molar-refractivity contribution in [2.24, 2.45) is 0 Å². The number of hydrogen-bond acceptors (Lipinski definition) is 4. The van der Waals surface area contributed by atoms with E-state index in [1.54, 1.807) is 19.1 Å². The molecule has 0 aliphatic carbocycles. The predicted octanol–water partition coefficient (Wildman–Crippen LogP) is 1.98. The van der Waals surface area contributed by atoms with E-state index < -0.39 is 10.0 Å². The van der Waals surface area contributed by atoms with Crippen LogP contribution in [-0.2, 0) is 10.0 Å². The number of Topliss-reactive ketones (excluding diaryl/α,β-unsaturated/α-hetero) is 1. The summed E-state index contributed by atoms with van der Waals surface area (Å²) < 4.78 is 26.9. The number of sulfonamides is 1. The molecule has 0 aliphatic rings. The molecule has 1 rings (SSSR count). The third kappa shape index (κ3) is 6.13. The maximum Gasteiger partial charge on any atom is 0.240 e. The third-order valence-electron chi connectivity index (χ3n) is 2.92. The third-order valence-corrected chi connectivity index (χ3v) is 4.34. The van der Waals surface area contributed by atoms with Crippen molar-refractivity contribution in [2.45, 2.75) is 38.1 Å². The summed E-state index contributed by atoms with van der Waals surface area (Å²) in [6.07, 6.45) is 0.356. The Morgan fingerprint density at radius 3 is 2.52 bits per heavy atom. The molecular formula is C14H23ClN2O3S. The lowest BCUT2D eigenvalue weighted by Crippen LogP contribution is -2.38. The highest BCUT2D eigenvalue weighted by Crippen LogP contribution is 2.13. The van der Waals surface area contributed by atoms with Crippen LogP contribution in [0, 0.1) is 0 Å². The number of hydrogen-bond donors (Lipinski definition) is 2. The van der Waals surface area contributed by atoms with Crippen LogP contribution in [0.4, 0.5) is 0 Å². The average molecular weight is 335 g/mol. The Kier molecular flexibility index (Phi) is 8.73. The molecule has 0 amide bonds. The van der Waals surface area contributed by atoms with Crippen molar-refractivity contribution in [1.29, 1.82) is 0 Å². The smallest absolute Gasteiger partial charge is 0.240 e. The first-order valence-electron chi connectivity index (χ1n) is 6.77. The summed E-state index contributed by atoms with van der Waals surface area (Å²) in [6, 6.07) is 6.19. The Morgan fingerprint density at radius 2 is 1.95 bits per heavy atom. The summed E-state index contributed by atoms with van der Waals surface area (Å²) in [6.45, 7) is 6.71. The summed E-state index contributed by atoms with van der Waals surface area (Å²) in [5.41, 5.74) is 0.426. The molecule has 0 bridgehead atoms. The molecule has 0 radical (unpaired) electrons. The van der Waals surface area contributed by atoms with Crippen LogP contribution < -0.4 is 10.0 Å². The number of rotatable bonds is 8. The number of carbonyl (C=O) groups excluding carboxylic acids is 1. The molecule has 2 N–H and O–H groups in total. The lowest BCUT2D eigenvalue weighted by Gasteiger charge is -2.13. The normalized spacial score (nSPS) is 12.5. The summed E-state index contributed by atoms with van der Waals surface area (Å²) in [5, 5.41) is 3.13. The van der Waals surface area contributed by atoms with Crippen molar-refractivity contribution in [3.05, 3.63) is 29.8 Å². The van der Waals surface area contributed by atoms with Crippen LogP contribution in [0.25, 0.3) is 0 Å². The summed E-state index contributed by atoms with van der Waals surface area (Å²) in [5.74, 6) is -0.0666. The summed E-state index contributed by atoms with van der Waals surface area (Å²) in [7, 11) is -3.58. The van der Waals surface area contributed by atoms with Gasteiger partial charge in [-0.3, -0.25) is 4.79 Å². The number of halogens is 1. The van der Waals surface area contributed by atoms with E-state index in [0.29, 0.717) is 18.5 Å². The zero-order valence-electron chi connectivity index (χ0n) is 12.5. The largest absolute Gasteiger partial charge is 0.313 e. The van der Waals surface area contributed by atoms with E-state index in [4.69, 9.17) is 0 Å². The fraction of sp³-hybridized carbons (Fsp3) is 0.500. The topological polar surface area (TPSA) is 75.3 Å². The quantitative estimate of drug-likeness (QED) is 0.713. The molecule has 7 heteroatoms. The van der Waals surface area contributed by atoms with Crippen LogP contribution in [0.2, 0.25) is 0 Å². The van der Waals surface area contributed by atoms with E-state index in [-0.39, 0.29) is 29.1 Å². The van der Waals surface area contributed by atoms with E-state index in [0.717, 1.165) is 6.54 Å². The summed E-state index contributed by atoms with van der Waals surface area (Å²) in [4.78, 5) is 11.7. The molecular weight excluding hydrogens is 312 g/mol. The van der Waals surface area contributed by atoms with Gasteiger partial charge in [0.1, 0.15) is 0 Å². The molecule has 120 valence electrons. The van der Waals surface area contributed by atoms with Crippen LogP contribution in [0.3, 0.4) is 0 Å². The van der Waals surface area contributed by atoms with Gasteiger partial charge >= 0.3 is 0 Å². The first-order chi connectivity index (χ1) is 9.40. The first kappa shape index (κ1) is 20.1. The molecule has 1 aromatic rings. The maximum atomic E-state index is 12.2. The second-order valence-electron chi connectivity index (χ2n) is 4.62. The molecule has 1 aromatic carbocycles. The van der Waals surface area contributed by atoms with Crippen LogP contribution in [0.1, 0.15) is 37.6 Å². The average Bonchev–Trinajstić information content (AvgIpc) is 2.45. The Balaban J connectivity index is 0.00000400. The number of nitrogens with one attached hydrogen (secondary N) is 2. The van der Waals surface area contributed by atoms with Gasteiger partial charge < -0.3 is 5.32 Å². The summed E-state index contributed by atoms with van der Waals surface area (Å²) >= 11 is 0. The Bertz CT molecular complexity index is 561. The standard InChI is InChI=1S/C14H22N2O3S.ClH/c1-4-14(17)12-7-6-8-13(9-12)20(18,19)16-10-11(3)15-5-2;/h6-9,11,15-16H,4-5,10H2,1-3H3;1H/t11-;/m1./s1. The molecule has 0 aliphatic heterocycles. The number of carbonyl (C=O) groups is 1. The lowest BCUT2D eigenvalue weighted by molar-refractivity contribution is 0.0988. The monoisotopic (exact) mass is 334 g/mol. The second-order valence-corrected chi connectivity index (χ2v) is 6.38. The van der Waals surface area contributed by atoms with Gasteiger partial charge in [-0.15, -0.1) is 12.4 Å². The second kappa shape index (κ2) is 9.15. The SMILES string of the molecule is CCN[C@H](C)CNS(=O)(=O)c1cccc(C(=O)CC)c1.Cl. The van der Waals surface area contributed by atoms with E-state index in [1.807, 2.05) is 13.8 Å². The highest BCUT2D eigenvalue weighted by atomic mass is 35.5. The van der Waals surface area contributed by atoms with Crippen LogP contribution >= 0.6 is 12.4 Å². The minimum atomic E-state index is -3.58. The molecule has 5 nitrogen and oxygen atoms in total. The molecule has 0 heterocycles. The van der Waals surface area contributed by atoms with E-state index in [2.05, 4.69) is 10.0 Å². The van der Waals surface area contributed by atoms with Crippen molar-refractivity contribution >= 4 is 28.2 Å². The fourth-order valence-corrected chi connectivity index (χ4v) is 2.96. The van der Waals surface area contributed by atoms with E-state index >= 15 is 0 Å². The number of benzene rings is 1. The van der Waals surface area contributed by atoms with Crippen LogP contribution in [0.5, 0.6) is 0 Å². The molecule has 0 unspecified atom stereocenters. The first-order valence-corrected chi connectivity index (χ1v) is 8.25. The highest BCUT2D eigenvalue weighted by molar-refractivity contribution is 7.89. The van der Waals surface area contributed by atoms with Crippen molar-refractivity contribution in [1.82, 2.24) is 10.0 Å². The minimum absolute atomic E-state index is 0.